The van der Waals surface area contributed by atoms with E-state index in [2.05, 4.69) is 0 Å². The van der Waals surface area contributed by atoms with E-state index in [-0.39, 0.29) is 11.3 Å². The minimum absolute atomic E-state index is 0.0640. The van der Waals surface area contributed by atoms with Gasteiger partial charge in [-0.05, 0) is 17.8 Å². The Hall–Kier alpha value is 0.110. The third-order valence-electron chi connectivity index (χ3n) is 2.56. The van der Waals surface area contributed by atoms with Crippen molar-refractivity contribution in [1.82, 2.24) is 0 Å². The number of hydrogen-bond acceptors (Lipinski definition) is 2. The van der Waals surface area contributed by atoms with Crippen LogP contribution in [0, 0.1) is 11.3 Å². The van der Waals surface area contributed by atoms with Gasteiger partial charge in [-0.2, -0.15) is 0 Å². The maximum atomic E-state index is 10.9. The molecule has 0 heterocycles. The smallest absolute Gasteiger partial charge is 0.323 e. The summed E-state index contributed by atoms with van der Waals surface area (Å²) < 4.78 is 10.9. The van der Waals surface area contributed by atoms with Gasteiger partial charge in [0.1, 0.15) is 5.28 Å². The summed E-state index contributed by atoms with van der Waals surface area (Å²) in [6.45, 7) is 5.84. The Morgan fingerprint density at radius 3 is 2.00 bits per heavy atom. The van der Waals surface area contributed by atoms with Crippen LogP contribution in [-0.2, 0) is 4.57 Å². The van der Waals surface area contributed by atoms with Crippen LogP contribution in [0.3, 0.4) is 0 Å². The van der Waals surface area contributed by atoms with Crippen LogP contribution in [0.15, 0.2) is 0 Å². The lowest BCUT2D eigenvalue weighted by Gasteiger charge is -2.22. The van der Waals surface area contributed by atoms with Crippen LogP contribution in [0.1, 0.15) is 27.2 Å². The van der Waals surface area contributed by atoms with E-state index in [1.807, 2.05) is 20.8 Å². The second kappa shape index (κ2) is 2.32. The third-order valence-corrected chi connectivity index (χ3v) is 4.14. The zero-order valence-corrected chi connectivity index (χ0v) is 8.51. The molecule has 0 amide bonds. The molecule has 0 saturated heterocycles. The van der Waals surface area contributed by atoms with Gasteiger partial charge in [-0.3, -0.25) is 4.57 Å². The van der Waals surface area contributed by atoms with Gasteiger partial charge in [0.25, 0.3) is 0 Å². The van der Waals surface area contributed by atoms with Gasteiger partial charge in [-0.25, -0.2) is 0 Å². The molecule has 1 rings (SSSR count). The first-order valence-electron chi connectivity index (χ1n) is 3.93. The van der Waals surface area contributed by atoms with E-state index >= 15 is 0 Å². The highest BCUT2D eigenvalue weighted by Crippen LogP contribution is 2.69. The van der Waals surface area contributed by atoms with E-state index in [9.17, 15) is 4.57 Å². The van der Waals surface area contributed by atoms with Gasteiger partial charge in [-0.15, -0.1) is 0 Å². The molecule has 72 valence electrons. The molecule has 0 radical (unpaired) electrons. The lowest BCUT2D eigenvalue weighted by atomic mass is 9.90. The molecule has 1 aliphatic rings. The summed E-state index contributed by atoms with van der Waals surface area (Å²) in [5.41, 5.74) is 5.48. The van der Waals surface area contributed by atoms with E-state index in [1.165, 1.54) is 0 Å². The molecule has 4 N–H and O–H groups in total. The Balaban J connectivity index is 2.80. The Kier molecular flexibility index (Phi) is 1.97. The molecule has 0 aromatic rings. The van der Waals surface area contributed by atoms with Crippen molar-refractivity contribution in [3.8, 4) is 0 Å². The first-order valence-corrected chi connectivity index (χ1v) is 5.55. The van der Waals surface area contributed by atoms with Crippen LogP contribution in [0.4, 0.5) is 0 Å². The lowest BCUT2D eigenvalue weighted by Crippen LogP contribution is -2.29. The average molecular weight is 193 g/mol. The van der Waals surface area contributed by atoms with Crippen LogP contribution in [0.25, 0.3) is 0 Å². The Morgan fingerprint density at radius 1 is 1.50 bits per heavy atom. The van der Waals surface area contributed by atoms with E-state index < -0.39 is 12.9 Å². The summed E-state index contributed by atoms with van der Waals surface area (Å²) in [7, 11) is -4.11. The molecule has 1 saturated carbocycles. The van der Waals surface area contributed by atoms with Crippen LogP contribution in [-0.4, -0.2) is 15.1 Å². The van der Waals surface area contributed by atoms with Crippen molar-refractivity contribution in [1.29, 1.82) is 0 Å². The fourth-order valence-electron chi connectivity index (χ4n) is 1.65. The maximum absolute atomic E-state index is 10.9. The summed E-state index contributed by atoms with van der Waals surface area (Å²) in [5, 5.41) is -1.24. The highest BCUT2D eigenvalue weighted by atomic mass is 31.2. The fraction of sp³-hybridized carbons (Fsp3) is 1.00. The summed E-state index contributed by atoms with van der Waals surface area (Å²) in [5.74, 6) is -0.0640. The van der Waals surface area contributed by atoms with E-state index in [0.717, 1.165) is 0 Å². The molecule has 2 atom stereocenters. The predicted molar refractivity (Wildman–Crippen MR) is 46.5 cm³/mol. The average Bonchev–Trinajstić information content (AvgIpc) is 2.38. The fourth-order valence-corrected chi connectivity index (χ4v) is 2.86. The van der Waals surface area contributed by atoms with Crippen molar-refractivity contribution in [3.63, 3.8) is 0 Å². The molecule has 12 heavy (non-hydrogen) atoms. The summed E-state index contributed by atoms with van der Waals surface area (Å²) in [6, 6.07) is 0. The monoisotopic (exact) mass is 193 g/mol. The lowest BCUT2D eigenvalue weighted by molar-refractivity contribution is 0.303. The molecule has 0 spiro atoms. The zero-order valence-electron chi connectivity index (χ0n) is 7.61. The molecular formula is C7H16NO3P. The van der Waals surface area contributed by atoms with Crippen molar-refractivity contribution in [2.45, 2.75) is 32.5 Å². The van der Waals surface area contributed by atoms with Crippen molar-refractivity contribution >= 4 is 7.60 Å². The SMILES string of the molecule is CC(C)(C)[C@H]1C[C@]1(N)P(=O)(O)O. The summed E-state index contributed by atoms with van der Waals surface area (Å²) in [4.78, 5) is 17.9. The molecule has 0 aromatic heterocycles. The second-order valence-corrected chi connectivity index (χ2v) is 6.58. The maximum Gasteiger partial charge on any atom is 0.345 e. The van der Waals surface area contributed by atoms with Gasteiger partial charge in [0.05, 0.1) is 0 Å². The van der Waals surface area contributed by atoms with Gasteiger partial charge < -0.3 is 15.5 Å². The van der Waals surface area contributed by atoms with Gasteiger partial charge >= 0.3 is 7.60 Å². The van der Waals surface area contributed by atoms with Crippen LogP contribution in [0.5, 0.6) is 0 Å². The largest absolute Gasteiger partial charge is 0.345 e. The van der Waals surface area contributed by atoms with Crippen molar-refractivity contribution in [2.24, 2.45) is 17.1 Å². The van der Waals surface area contributed by atoms with Crippen molar-refractivity contribution in [2.75, 3.05) is 0 Å². The highest BCUT2D eigenvalue weighted by molar-refractivity contribution is 7.54. The molecule has 0 bridgehead atoms. The number of hydrogen-bond donors (Lipinski definition) is 3. The molecule has 1 aliphatic carbocycles. The quantitative estimate of drug-likeness (QED) is 0.540. The first-order chi connectivity index (χ1) is 5.09. The third kappa shape index (κ3) is 1.44. The zero-order chi connectivity index (χ0) is 9.78. The molecule has 0 aromatic carbocycles. The van der Waals surface area contributed by atoms with Crippen LogP contribution >= 0.6 is 7.60 Å². The number of nitrogens with two attached hydrogens (primary N) is 1. The molecular weight excluding hydrogens is 177 g/mol. The van der Waals surface area contributed by atoms with Gasteiger partial charge in [0.15, 0.2) is 0 Å². The summed E-state index contributed by atoms with van der Waals surface area (Å²) >= 11 is 0. The minimum Gasteiger partial charge on any atom is -0.323 e. The molecule has 4 nitrogen and oxygen atoms in total. The first kappa shape index (κ1) is 10.2. The normalized spacial score (nSPS) is 36.7. The van der Waals surface area contributed by atoms with Crippen molar-refractivity contribution in [3.05, 3.63) is 0 Å². The van der Waals surface area contributed by atoms with Gasteiger partial charge in [-0.1, -0.05) is 20.8 Å². The standard InChI is InChI=1S/C7H16NO3P/c1-6(2,3)5-4-7(5,8)12(9,10)11/h5H,4,8H2,1-3H3,(H2,9,10,11)/t5-,7+/m1/s1. The number of rotatable bonds is 1. The molecule has 0 aliphatic heterocycles. The highest BCUT2D eigenvalue weighted by Gasteiger charge is 2.66. The van der Waals surface area contributed by atoms with E-state index in [0.29, 0.717) is 6.42 Å². The Bertz CT molecular complexity index is 242. The van der Waals surface area contributed by atoms with Crippen LogP contribution in [0.2, 0.25) is 0 Å². The van der Waals surface area contributed by atoms with E-state index in [4.69, 9.17) is 15.5 Å². The summed E-state index contributed by atoms with van der Waals surface area (Å²) in [6.07, 6.45) is 0.431. The molecule has 5 heteroatoms. The second-order valence-electron chi connectivity index (χ2n) is 4.66. The minimum atomic E-state index is -4.11. The van der Waals surface area contributed by atoms with Gasteiger partial charge in [0, 0.05) is 0 Å². The predicted octanol–water partition coefficient (Wildman–Crippen LogP) is 0.885. The molecule has 0 unspecified atom stereocenters. The Labute approximate surface area is 72.3 Å². The van der Waals surface area contributed by atoms with E-state index in [1.54, 1.807) is 0 Å². The van der Waals surface area contributed by atoms with Crippen molar-refractivity contribution < 1.29 is 14.4 Å². The molecule has 1 fully saturated rings. The van der Waals surface area contributed by atoms with Crippen LogP contribution < -0.4 is 5.73 Å². The topological polar surface area (TPSA) is 83.6 Å². The van der Waals surface area contributed by atoms with Gasteiger partial charge in [0.2, 0.25) is 0 Å². The Morgan fingerprint density at radius 2 is 1.92 bits per heavy atom.